The van der Waals surface area contributed by atoms with Crippen LogP contribution in [0.3, 0.4) is 0 Å². The molecule has 0 radical (unpaired) electrons. The van der Waals surface area contributed by atoms with Crippen molar-refractivity contribution in [2.24, 2.45) is 5.92 Å². The summed E-state index contributed by atoms with van der Waals surface area (Å²) >= 11 is 0. The highest BCUT2D eigenvalue weighted by Crippen LogP contribution is 2.45. The van der Waals surface area contributed by atoms with E-state index >= 15 is 0 Å². The molecule has 0 amide bonds. The average molecular weight is 277 g/mol. The summed E-state index contributed by atoms with van der Waals surface area (Å²) in [4.78, 5) is 2.68. The molecule has 3 atom stereocenters. The van der Waals surface area contributed by atoms with Crippen LogP contribution in [0.4, 0.5) is 5.69 Å². The number of rotatable bonds is 2. The van der Waals surface area contributed by atoms with Gasteiger partial charge < -0.3 is 4.90 Å². The molecule has 0 aromatic heterocycles. The Kier molecular flexibility index (Phi) is 3.42. The monoisotopic (exact) mass is 277 g/mol. The van der Waals surface area contributed by atoms with Crippen molar-refractivity contribution in [3.8, 4) is 0 Å². The quantitative estimate of drug-likeness (QED) is 0.758. The molecule has 1 aliphatic heterocycles. The van der Waals surface area contributed by atoms with Crippen LogP contribution in [-0.4, -0.2) is 12.6 Å². The highest BCUT2D eigenvalue weighted by atomic mass is 15.2. The van der Waals surface area contributed by atoms with Crippen LogP contribution in [-0.2, 0) is 0 Å². The van der Waals surface area contributed by atoms with E-state index in [0.717, 1.165) is 5.92 Å². The van der Waals surface area contributed by atoms with Gasteiger partial charge in [-0.05, 0) is 42.9 Å². The molecule has 1 saturated carbocycles. The first-order valence-corrected chi connectivity index (χ1v) is 8.30. The topological polar surface area (TPSA) is 3.24 Å². The molecule has 1 heteroatoms. The van der Waals surface area contributed by atoms with E-state index in [1.807, 2.05) is 0 Å². The second kappa shape index (κ2) is 5.55. The lowest BCUT2D eigenvalue weighted by Crippen LogP contribution is -2.40. The summed E-state index contributed by atoms with van der Waals surface area (Å²) in [6.07, 6.45) is 5.51. The molecule has 0 N–H and O–H groups in total. The van der Waals surface area contributed by atoms with Gasteiger partial charge in [0.05, 0.1) is 0 Å². The summed E-state index contributed by atoms with van der Waals surface area (Å²) in [5.74, 6) is 1.58. The highest BCUT2D eigenvalue weighted by molar-refractivity contribution is 5.50. The predicted octanol–water partition coefficient (Wildman–Crippen LogP) is 4.85. The maximum Gasteiger partial charge on any atom is 0.0387 e. The summed E-state index contributed by atoms with van der Waals surface area (Å²) in [7, 11) is 0. The first kappa shape index (κ1) is 12.9. The van der Waals surface area contributed by atoms with Crippen LogP contribution in [0.25, 0.3) is 0 Å². The van der Waals surface area contributed by atoms with Crippen molar-refractivity contribution in [1.29, 1.82) is 0 Å². The summed E-state index contributed by atoms with van der Waals surface area (Å²) in [5.41, 5.74) is 2.95. The minimum Gasteiger partial charge on any atom is -0.368 e. The van der Waals surface area contributed by atoms with Crippen LogP contribution in [0.2, 0.25) is 0 Å². The van der Waals surface area contributed by atoms with Crippen molar-refractivity contribution < 1.29 is 0 Å². The zero-order valence-corrected chi connectivity index (χ0v) is 12.5. The van der Waals surface area contributed by atoms with E-state index in [2.05, 4.69) is 65.6 Å². The number of hydrogen-bond donors (Lipinski definition) is 0. The maximum atomic E-state index is 2.68. The van der Waals surface area contributed by atoms with E-state index in [4.69, 9.17) is 0 Å². The maximum absolute atomic E-state index is 2.68. The Morgan fingerprint density at radius 3 is 2.24 bits per heavy atom. The minimum absolute atomic E-state index is 0.698. The Balaban J connectivity index is 1.69. The standard InChI is InChI=1S/C20H23N/c1-3-8-16(9-4-1)19-13-7-10-17-14-15-21(20(17)19)18-11-5-2-6-12-18/h1-6,8-9,11-12,17,19-20H,7,10,13-15H2/t17?,19?,20-/m1/s1. The molecule has 2 unspecified atom stereocenters. The van der Waals surface area contributed by atoms with Crippen LogP contribution in [0.5, 0.6) is 0 Å². The van der Waals surface area contributed by atoms with E-state index in [-0.39, 0.29) is 0 Å². The lowest BCUT2D eigenvalue weighted by atomic mass is 9.74. The van der Waals surface area contributed by atoms with Crippen molar-refractivity contribution in [3.63, 3.8) is 0 Å². The summed E-state index contributed by atoms with van der Waals surface area (Å²) in [6, 6.07) is 22.9. The van der Waals surface area contributed by atoms with Gasteiger partial charge in [-0.15, -0.1) is 0 Å². The Bertz CT molecular complexity index is 577. The molecule has 108 valence electrons. The molecular formula is C20H23N. The smallest absolute Gasteiger partial charge is 0.0387 e. The normalized spacial score (nSPS) is 28.4. The lowest BCUT2D eigenvalue weighted by molar-refractivity contribution is 0.303. The van der Waals surface area contributed by atoms with Gasteiger partial charge in [-0.2, -0.15) is 0 Å². The van der Waals surface area contributed by atoms with E-state index in [1.54, 1.807) is 0 Å². The van der Waals surface area contributed by atoms with Crippen molar-refractivity contribution in [2.75, 3.05) is 11.4 Å². The number of anilines is 1. The van der Waals surface area contributed by atoms with Crippen LogP contribution < -0.4 is 4.90 Å². The zero-order chi connectivity index (χ0) is 14.1. The Morgan fingerprint density at radius 1 is 0.762 bits per heavy atom. The van der Waals surface area contributed by atoms with E-state index in [0.29, 0.717) is 12.0 Å². The van der Waals surface area contributed by atoms with E-state index in [9.17, 15) is 0 Å². The molecule has 2 aliphatic rings. The van der Waals surface area contributed by atoms with Crippen molar-refractivity contribution in [1.82, 2.24) is 0 Å². The van der Waals surface area contributed by atoms with Gasteiger partial charge in [0, 0.05) is 24.2 Å². The fourth-order valence-electron chi connectivity index (χ4n) is 4.50. The minimum atomic E-state index is 0.698. The van der Waals surface area contributed by atoms with Crippen molar-refractivity contribution >= 4 is 5.69 Å². The predicted molar refractivity (Wildman–Crippen MR) is 88.7 cm³/mol. The van der Waals surface area contributed by atoms with Gasteiger partial charge in [0.15, 0.2) is 0 Å². The zero-order valence-electron chi connectivity index (χ0n) is 12.5. The van der Waals surface area contributed by atoms with Crippen LogP contribution >= 0.6 is 0 Å². The molecule has 2 aromatic carbocycles. The molecule has 2 fully saturated rings. The molecule has 1 saturated heterocycles. The SMILES string of the molecule is c1ccc(C2CCCC3CCN(c4ccccc4)[C@H]32)cc1. The Labute approximate surface area is 127 Å². The summed E-state index contributed by atoms with van der Waals surface area (Å²) in [5, 5.41) is 0. The third kappa shape index (κ3) is 2.35. The van der Waals surface area contributed by atoms with Crippen molar-refractivity contribution in [3.05, 3.63) is 66.2 Å². The van der Waals surface area contributed by atoms with E-state index in [1.165, 1.54) is 43.5 Å². The van der Waals surface area contributed by atoms with Gasteiger partial charge in [0.1, 0.15) is 0 Å². The first-order chi connectivity index (χ1) is 10.4. The number of nitrogens with zero attached hydrogens (tertiary/aromatic N) is 1. The van der Waals surface area contributed by atoms with Gasteiger partial charge >= 0.3 is 0 Å². The highest BCUT2D eigenvalue weighted by Gasteiger charge is 2.42. The van der Waals surface area contributed by atoms with Gasteiger partial charge in [-0.3, -0.25) is 0 Å². The third-order valence-corrected chi connectivity index (χ3v) is 5.40. The second-order valence-electron chi connectivity index (χ2n) is 6.52. The van der Waals surface area contributed by atoms with Crippen LogP contribution in [0, 0.1) is 5.92 Å². The van der Waals surface area contributed by atoms with Gasteiger partial charge in [-0.25, -0.2) is 0 Å². The lowest BCUT2D eigenvalue weighted by Gasteiger charge is -2.40. The number of fused-ring (bicyclic) bond motifs is 1. The number of para-hydroxylation sites is 1. The fourth-order valence-corrected chi connectivity index (χ4v) is 4.50. The molecular weight excluding hydrogens is 254 g/mol. The third-order valence-electron chi connectivity index (χ3n) is 5.40. The van der Waals surface area contributed by atoms with Crippen molar-refractivity contribution in [2.45, 2.75) is 37.6 Å². The molecule has 21 heavy (non-hydrogen) atoms. The number of hydrogen-bond acceptors (Lipinski definition) is 1. The van der Waals surface area contributed by atoms with E-state index < -0.39 is 0 Å². The molecule has 1 aliphatic carbocycles. The molecule has 0 spiro atoms. The molecule has 0 bridgehead atoms. The summed E-state index contributed by atoms with van der Waals surface area (Å²) in [6.45, 7) is 1.22. The Hall–Kier alpha value is -1.76. The number of benzene rings is 2. The molecule has 2 aromatic rings. The van der Waals surface area contributed by atoms with Crippen LogP contribution in [0.15, 0.2) is 60.7 Å². The largest absolute Gasteiger partial charge is 0.368 e. The molecule has 1 nitrogen and oxygen atoms in total. The molecule has 1 heterocycles. The van der Waals surface area contributed by atoms with Gasteiger partial charge in [0.25, 0.3) is 0 Å². The second-order valence-corrected chi connectivity index (χ2v) is 6.52. The first-order valence-electron chi connectivity index (χ1n) is 8.30. The van der Waals surface area contributed by atoms with Gasteiger partial charge in [-0.1, -0.05) is 55.0 Å². The van der Waals surface area contributed by atoms with Gasteiger partial charge in [0.2, 0.25) is 0 Å². The summed E-state index contributed by atoms with van der Waals surface area (Å²) < 4.78 is 0. The molecule has 4 rings (SSSR count). The Morgan fingerprint density at radius 2 is 1.48 bits per heavy atom. The van der Waals surface area contributed by atoms with Crippen LogP contribution in [0.1, 0.15) is 37.2 Å². The fraction of sp³-hybridized carbons (Fsp3) is 0.400. The average Bonchev–Trinajstić information content (AvgIpc) is 3.00.